The minimum Gasteiger partial charge on any atom is -0.384 e. The van der Waals surface area contributed by atoms with Crippen molar-refractivity contribution in [2.75, 3.05) is 7.05 Å². The molecule has 0 bridgehead atoms. The number of halogens is 1. The van der Waals surface area contributed by atoms with Gasteiger partial charge in [0.2, 0.25) is 0 Å². The Balaban J connectivity index is 2.14. The summed E-state index contributed by atoms with van der Waals surface area (Å²) in [6.07, 6.45) is 5.09. The van der Waals surface area contributed by atoms with Gasteiger partial charge in [-0.25, -0.2) is 4.39 Å². The lowest BCUT2D eigenvalue weighted by atomic mass is 9.85. The van der Waals surface area contributed by atoms with Gasteiger partial charge in [-0.3, -0.25) is 10.3 Å². The van der Waals surface area contributed by atoms with Gasteiger partial charge >= 0.3 is 0 Å². The number of hydrogen-bond donors (Lipinski definition) is 2. The number of nitrogens with zero attached hydrogens (tertiary/aromatic N) is 1. The third-order valence-corrected chi connectivity index (χ3v) is 4.41. The summed E-state index contributed by atoms with van der Waals surface area (Å²) >= 11 is 0. The van der Waals surface area contributed by atoms with Crippen LogP contribution in [0.3, 0.4) is 0 Å². The maximum Gasteiger partial charge on any atom is 0.123 e. The van der Waals surface area contributed by atoms with Crippen LogP contribution in [0.2, 0.25) is 0 Å². The van der Waals surface area contributed by atoms with Crippen LogP contribution in [0.5, 0.6) is 0 Å². The van der Waals surface area contributed by atoms with Crippen LogP contribution in [0.4, 0.5) is 4.39 Å². The molecule has 1 saturated carbocycles. The molecular formula is C16H24FN3. The van der Waals surface area contributed by atoms with E-state index in [0.717, 1.165) is 5.56 Å². The van der Waals surface area contributed by atoms with E-state index in [0.29, 0.717) is 24.1 Å². The quantitative estimate of drug-likeness (QED) is 0.656. The molecule has 110 valence electrons. The molecule has 0 aliphatic heterocycles. The maximum absolute atomic E-state index is 13.3. The molecule has 0 saturated heterocycles. The van der Waals surface area contributed by atoms with Crippen LogP contribution >= 0.6 is 0 Å². The Morgan fingerprint density at radius 2 is 2.10 bits per heavy atom. The highest BCUT2D eigenvalue weighted by atomic mass is 19.1. The Morgan fingerprint density at radius 3 is 2.75 bits per heavy atom. The first kappa shape index (κ1) is 15.0. The molecule has 4 heteroatoms. The van der Waals surface area contributed by atoms with Gasteiger partial charge in [0.15, 0.2) is 0 Å². The zero-order valence-corrected chi connectivity index (χ0v) is 12.3. The Kier molecular flexibility index (Phi) is 4.76. The summed E-state index contributed by atoms with van der Waals surface area (Å²) in [5.41, 5.74) is 7.01. The van der Waals surface area contributed by atoms with Crippen molar-refractivity contribution < 1.29 is 4.39 Å². The van der Waals surface area contributed by atoms with Gasteiger partial charge in [-0.2, -0.15) is 0 Å². The molecule has 1 fully saturated rings. The maximum atomic E-state index is 13.3. The zero-order valence-electron chi connectivity index (χ0n) is 12.3. The molecule has 3 nitrogen and oxygen atoms in total. The van der Waals surface area contributed by atoms with Gasteiger partial charge in [0.05, 0.1) is 0 Å². The summed E-state index contributed by atoms with van der Waals surface area (Å²) in [5.74, 6) is 0.284. The van der Waals surface area contributed by atoms with Crippen molar-refractivity contribution in [2.45, 2.75) is 45.2 Å². The van der Waals surface area contributed by atoms with Crippen molar-refractivity contribution in [2.24, 2.45) is 11.7 Å². The molecule has 3 N–H and O–H groups in total. The number of nitrogens with one attached hydrogen (secondary N) is 1. The highest BCUT2D eigenvalue weighted by Gasteiger charge is 2.25. The molecule has 1 aliphatic carbocycles. The van der Waals surface area contributed by atoms with E-state index < -0.39 is 0 Å². The summed E-state index contributed by atoms with van der Waals surface area (Å²) < 4.78 is 13.3. The number of nitrogen functional groups attached to an aromatic ring is 1. The Morgan fingerprint density at radius 1 is 1.40 bits per heavy atom. The molecule has 1 aromatic carbocycles. The highest BCUT2D eigenvalue weighted by Crippen LogP contribution is 2.28. The van der Waals surface area contributed by atoms with Crippen LogP contribution in [-0.4, -0.2) is 23.8 Å². The Bertz CT molecular complexity index is 487. The van der Waals surface area contributed by atoms with E-state index in [4.69, 9.17) is 11.1 Å². The molecule has 0 amide bonds. The first-order chi connectivity index (χ1) is 9.49. The van der Waals surface area contributed by atoms with E-state index in [1.807, 2.05) is 0 Å². The summed E-state index contributed by atoms with van der Waals surface area (Å²) in [5, 5.41) is 7.59. The second-order valence-corrected chi connectivity index (χ2v) is 5.96. The molecule has 2 unspecified atom stereocenters. The van der Waals surface area contributed by atoms with E-state index >= 15 is 0 Å². The van der Waals surface area contributed by atoms with Crippen molar-refractivity contribution >= 4 is 5.84 Å². The lowest BCUT2D eigenvalue weighted by Gasteiger charge is -2.36. The molecular weight excluding hydrogens is 253 g/mol. The van der Waals surface area contributed by atoms with E-state index in [1.165, 1.54) is 37.8 Å². The summed E-state index contributed by atoms with van der Waals surface area (Å²) in [6.45, 7) is 3.01. The van der Waals surface area contributed by atoms with E-state index in [1.54, 1.807) is 6.07 Å². The van der Waals surface area contributed by atoms with Crippen LogP contribution in [-0.2, 0) is 6.54 Å². The topological polar surface area (TPSA) is 53.1 Å². The molecule has 0 aromatic heterocycles. The second kappa shape index (κ2) is 6.35. The zero-order chi connectivity index (χ0) is 14.7. The molecule has 2 rings (SSSR count). The predicted molar refractivity (Wildman–Crippen MR) is 80.3 cm³/mol. The number of nitrogens with two attached hydrogens (primary N) is 1. The fourth-order valence-corrected chi connectivity index (χ4v) is 3.27. The summed E-state index contributed by atoms with van der Waals surface area (Å²) in [4.78, 5) is 2.32. The second-order valence-electron chi connectivity index (χ2n) is 5.96. The van der Waals surface area contributed by atoms with Crippen LogP contribution < -0.4 is 5.73 Å². The van der Waals surface area contributed by atoms with Crippen molar-refractivity contribution in [3.8, 4) is 0 Å². The van der Waals surface area contributed by atoms with Gasteiger partial charge in [-0.05, 0) is 43.5 Å². The normalized spacial score (nSPS) is 23.0. The highest BCUT2D eigenvalue weighted by molar-refractivity contribution is 5.96. The Labute approximate surface area is 120 Å². The number of rotatable bonds is 4. The van der Waals surface area contributed by atoms with Crippen LogP contribution in [0, 0.1) is 17.1 Å². The predicted octanol–water partition coefficient (Wildman–Crippen LogP) is 3.12. The van der Waals surface area contributed by atoms with Gasteiger partial charge in [0.1, 0.15) is 11.7 Å². The molecule has 1 aromatic rings. The number of benzene rings is 1. The lowest BCUT2D eigenvalue weighted by Crippen LogP contribution is -2.38. The fourth-order valence-electron chi connectivity index (χ4n) is 3.27. The van der Waals surface area contributed by atoms with Gasteiger partial charge in [0, 0.05) is 18.2 Å². The molecule has 0 radical (unpaired) electrons. The third kappa shape index (κ3) is 3.37. The van der Waals surface area contributed by atoms with Crippen LogP contribution in [0.15, 0.2) is 18.2 Å². The summed E-state index contributed by atoms with van der Waals surface area (Å²) in [6, 6.07) is 5.11. The molecule has 1 aliphatic rings. The van der Waals surface area contributed by atoms with E-state index in [2.05, 4.69) is 18.9 Å². The van der Waals surface area contributed by atoms with Crippen molar-refractivity contribution in [1.82, 2.24) is 4.90 Å². The molecule has 0 spiro atoms. The smallest absolute Gasteiger partial charge is 0.123 e. The first-order valence-corrected chi connectivity index (χ1v) is 7.32. The van der Waals surface area contributed by atoms with Crippen LogP contribution in [0.1, 0.15) is 43.7 Å². The minimum absolute atomic E-state index is 0.0652. The number of amidine groups is 1. The van der Waals surface area contributed by atoms with Crippen molar-refractivity contribution in [3.63, 3.8) is 0 Å². The standard InChI is InChI=1S/C16H24FN3/c1-11-5-3-4-6-15(11)20(2)10-12-7-8-13(17)9-14(12)16(18)19/h7-9,11,15H,3-6,10H2,1-2H3,(H3,18,19). The Hall–Kier alpha value is -1.42. The largest absolute Gasteiger partial charge is 0.384 e. The van der Waals surface area contributed by atoms with E-state index in [-0.39, 0.29) is 11.7 Å². The fraction of sp³-hybridized carbons (Fsp3) is 0.562. The average molecular weight is 277 g/mol. The summed E-state index contributed by atoms with van der Waals surface area (Å²) in [7, 11) is 2.11. The van der Waals surface area contributed by atoms with Crippen LogP contribution in [0.25, 0.3) is 0 Å². The van der Waals surface area contributed by atoms with E-state index in [9.17, 15) is 4.39 Å². The number of hydrogen-bond acceptors (Lipinski definition) is 2. The third-order valence-electron chi connectivity index (χ3n) is 4.41. The van der Waals surface area contributed by atoms with Crippen molar-refractivity contribution in [3.05, 3.63) is 35.1 Å². The monoisotopic (exact) mass is 277 g/mol. The SMILES string of the molecule is CC1CCCCC1N(C)Cc1ccc(F)cc1C(=N)N. The lowest BCUT2D eigenvalue weighted by molar-refractivity contribution is 0.133. The molecule has 0 heterocycles. The molecule has 2 atom stereocenters. The molecule has 20 heavy (non-hydrogen) atoms. The van der Waals surface area contributed by atoms with Gasteiger partial charge in [0.25, 0.3) is 0 Å². The van der Waals surface area contributed by atoms with Gasteiger partial charge < -0.3 is 5.73 Å². The first-order valence-electron chi connectivity index (χ1n) is 7.32. The van der Waals surface area contributed by atoms with Gasteiger partial charge in [-0.15, -0.1) is 0 Å². The van der Waals surface area contributed by atoms with Gasteiger partial charge in [-0.1, -0.05) is 25.8 Å². The van der Waals surface area contributed by atoms with Crippen molar-refractivity contribution in [1.29, 1.82) is 5.41 Å². The minimum atomic E-state index is -0.340. The average Bonchev–Trinajstić information content (AvgIpc) is 2.41.